The summed E-state index contributed by atoms with van der Waals surface area (Å²) in [5.41, 5.74) is 2.81. The normalized spacial score (nSPS) is 18.7. The minimum atomic E-state index is -0.000519. The van der Waals surface area contributed by atoms with Gasteiger partial charge in [-0.2, -0.15) is 0 Å². The fourth-order valence-electron chi connectivity index (χ4n) is 3.67. The van der Waals surface area contributed by atoms with Gasteiger partial charge in [0.25, 0.3) is 5.91 Å². The smallest absolute Gasteiger partial charge is 0.258 e. The van der Waals surface area contributed by atoms with Crippen molar-refractivity contribution in [3.8, 4) is 5.75 Å². The van der Waals surface area contributed by atoms with Crippen LogP contribution in [0.3, 0.4) is 0 Å². The number of carbonyl (C=O) groups is 1. The number of likely N-dealkylation sites (tertiary alicyclic amines) is 1. The van der Waals surface area contributed by atoms with Crippen LogP contribution < -0.4 is 10.1 Å². The zero-order valence-electron chi connectivity index (χ0n) is 14.1. The van der Waals surface area contributed by atoms with Crippen molar-refractivity contribution < 1.29 is 9.53 Å². The van der Waals surface area contributed by atoms with E-state index in [0.717, 1.165) is 38.1 Å². The largest absolute Gasteiger partial charge is 0.484 e. The first-order valence-electron chi connectivity index (χ1n) is 9.01. The lowest BCUT2D eigenvalue weighted by molar-refractivity contribution is -0.124. The number of rotatable bonds is 6. The first-order valence-corrected chi connectivity index (χ1v) is 9.01. The van der Waals surface area contributed by atoms with Crippen molar-refractivity contribution in [2.75, 3.05) is 26.2 Å². The van der Waals surface area contributed by atoms with Gasteiger partial charge >= 0.3 is 0 Å². The zero-order chi connectivity index (χ0) is 16.1. The Kier molecular flexibility index (Phi) is 5.55. The molecule has 1 N–H and O–H groups in total. The Labute approximate surface area is 139 Å². The molecule has 1 saturated heterocycles. The predicted octanol–water partition coefficient (Wildman–Crippen LogP) is 2.54. The molecule has 0 bridgehead atoms. The van der Waals surface area contributed by atoms with E-state index < -0.39 is 0 Å². The van der Waals surface area contributed by atoms with E-state index in [2.05, 4.69) is 29.3 Å². The van der Waals surface area contributed by atoms with Crippen LogP contribution in [0.1, 0.15) is 43.7 Å². The van der Waals surface area contributed by atoms with E-state index in [1.807, 2.05) is 6.07 Å². The fourth-order valence-corrected chi connectivity index (χ4v) is 3.67. The van der Waals surface area contributed by atoms with Gasteiger partial charge < -0.3 is 15.0 Å². The van der Waals surface area contributed by atoms with E-state index in [0.29, 0.717) is 6.04 Å². The van der Waals surface area contributed by atoms with Crippen molar-refractivity contribution in [3.05, 3.63) is 29.3 Å². The van der Waals surface area contributed by atoms with Crippen LogP contribution in [0.25, 0.3) is 0 Å². The summed E-state index contributed by atoms with van der Waals surface area (Å²) in [5, 5.41) is 3.11. The van der Waals surface area contributed by atoms with E-state index in [1.165, 1.54) is 36.9 Å². The number of amides is 1. The molecule has 0 atom stereocenters. The molecular weight excluding hydrogens is 288 g/mol. The summed E-state index contributed by atoms with van der Waals surface area (Å²) in [6.45, 7) is 5.68. The van der Waals surface area contributed by atoms with Crippen molar-refractivity contribution >= 4 is 5.91 Å². The molecule has 0 saturated carbocycles. The first-order chi connectivity index (χ1) is 11.2. The second kappa shape index (κ2) is 7.82. The maximum atomic E-state index is 12.1. The zero-order valence-corrected chi connectivity index (χ0v) is 14.1. The van der Waals surface area contributed by atoms with Gasteiger partial charge in [0.05, 0.1) is 0 Å². The van der Waals surface area contributed by atoms with Gasteiger partial charge in [0.2, 0.25) is 0 Å². The summed E-state index contributed by atoms with van der Waals surface area (Å²) in [4.78, 5) is 14.6. The van der Waals surface area contributed by atoms with Gasteiger partial charge in [-0.05, 0) is 68.3 Å². The average molecular weight is 316 g/mol. The third-order valence-corrected chi connectivity index (χ3v) is 4.93. The third kappa shape index (κ3) is 4.47. The molecule has 1 aliphatic carbocycles. The lowest BCUT2D eigenvalue weighted by Crippen LogP contribution is -2.46. The SMILES string of the molecule is CCCN1CCC(NC(=O)COc2ccc3c(c2)CCC3)CC1. The summed E-state index contributed by atoms with van der Waals surface area (Å²) in [5.74, 6) is 0.818. The number of carbonyl (C=O) groups excluding carboxylic acids is 1. The molecule has 4 heteroatoms. The van der Waals surface area contributed by atoms with Crippen molar-refractivity contribution in [3.63, 3.8) is 0 Å². The Hall–Kier alpha value is -1.55. The van der Waals surface area contributed by atoms with Crippen molar-refractivity contribution in [1.82, 2.24) is 10.2 Å². The third-order valence-electron chi connectivity index (χ3n) is 4.93. The molecule has 4 nitrogen and oxygen atoms in total. The van der Waals surface area contributed by atoms with Crippen LogP contribution in [-0.2, 0) is 17.6 Å². The molecule has 2 aliphatic rings. The van der Waals surface area contributed by atoms with Crippen LogP contribution in [0.4, 0.5) is 0 Å². The van der Waals surface area contributed by atoms with Gasteiger partial charge in [-0.25, -0.2) is 0 Å². The number of hydrogen-bond acceptors (Lipinski definition) is 3. The van der Waals surface area contributed by atoms with Crippen LogP contribution in [0.2, 0.25) is 0 Å². The lowest BCUT2D eigenvalue weighted by atomic mass is 10.0. The number of nitrogens with one attached hydrogen (secondary N) is 1. The summed E-state index contributed by atoms with van der Waals surface area (Å²) in [7, 11) is 0. The van der Waals surface area contributed by atoms with Crippen LogP contribution in [0.15, 0.2) is 18.2 Å². The first kappa shape index (κ1) is 16.3. The number of aryl methyl sites for hydroxylation is 2. The number of hydrogen-bond donors (Lipinski definition) is 1. The van der Waals surface area contributed by atoms with Gasteiger partial charge in [0, 0.05) is 19.1 Å². The second-order valence-corrected chi connectivity index (χ2v) is 6.76. The minimum Gasteiger partial charge on any atom is -0.484 e. The topological polar surface area (TPSA) is 41.6 Å². The maximum Gasteiger partial charge on any atom is 0.258 e. The Morgan fingerprint density at radius 2 is 2.04 bits per heavy atom. The fraction of sp³-hybridized carbons (Fsp3) is 0.632. The number of piperidine rings is 1. The number of nitrogens with zero attached hydrogens (tertiary/aromatic N) is 1. The Bertz CT molecular complexity index is 536. The number of benzene rings is 1. The average Bonchev–Trinajstić information content (AvgIpc) is 3.03. The van der Waals surface area contributed by atoms with Crippen LogP contribution in [0, 0.1) is 0 Å². The summed E-state index contributed by atoms with van der Waals surface area (Å²) in [6.07, 6.45) is 6.83. The molecule has 1 aromatic carbocycles. The van der Waals surface area contributed by atoms with Crippen molar-refractivity contribution in [2.24, 2.45) is 0 Å². The van der Waals surface area contributed by atoms with Crippen molar-refractivity contribution in [2.45, 2.75) is 51.5 Å². The van der Waals surface area contributed by atoms with E-state index in [4.69, 9.17) is 4.74 Å². The molecule has 126 valence electrons. The molecule has 0 aromatic heterocycles. The van der Waals surface area contributed by atoms with Gasteiger partial charge in [0.1, 0.15) is 5.75 Å². The highest BCUT2D eigenvalue weighted by atomic mass is 16.5. The molecule has 1 fully saturated rings. The van der Waals surface area contributed by atoms with Gasteiger partial charge in [-0.1, -0.05) is 13.0 Å². The predicted molar refractivity (Wildman–Crippen MR) is 91.9 cm³/mol. The summed E-state index contributed by atoms with van der Waals surface area (Å²) < 4.78 is 5.67. The minimum absolute atomic E-state index is 0.000519. The Balaban J connectivity index is 1.40. The highest BCUT2D eigenvalue weighted by Crippen LogP contribution is 2.25. The summed E-state index contributed by atoms with van der Waals surface area (Å²) >= 11 is 0. The molecule has 1 amide bonds. The molecule has 1 heterocycles. The van der Waals surface area contributed by atoms with Gasteiger partial charge in [-0.3, -0.25) is 4.79 Å². The van der Waals surface area contributed by atoms with E-state index in [-0.39, 0.29) is 12.5 Å². The van der Waals surface area contributed by atoms with Crippen molar-refractivity contribution in [1.29, 1.82) is 0 Å². The molecular formula is C19H28N2O2. The van der Waals surface area contributed by atoms with E-state index in [9.17, 15) is 4.79 Å². The second-order valence-electron chi connectivity index (χ2n) is 6.76. The molecule has 3 rings (SSSR count). The number of fused-ring (bicyclic) bond motifs is 1. The quantitative estimate of drug-likeness (QED) is 0.877. The van der Waals surface area contributed by atoms with E-state index >= 15 is 0 Å². The molecule has 1 aromatic rings. The highest BCUT2D eigenvalue weighted by molar-refractivity contribution is 5.77. The monoisotopic (exact) mass is 316 g/mol. The van der Waals surface area contributed by atoms with Crippen LogP contribution in [0.5, 0.6) is 5.75 Å². The lowest BCUT2D eigenvalue weighted by Gasteiger charge is -2.32. The van der Waals surface area contributed by atoms with Crippen LogP contribution in [-0.4, -0.2) is 43.1 Å². The molecule has 0 unspecified atom stereocenters. The summed E-state index contributed by atoms with van der Waals surface area (Å²) in [6, 6.07) is 6.53. The highest BCUT2D eigenvalue weighted by Gasteiger charge is 2.20. The maximum absolute atomic E-state index is 12.1. The van der Waals surface area contributed by atoms with Crippen LogP contribution >= 0.6 is 0 Å². The van der Waals surface area contributed by atoms with E-state index in [1.54, 1.807) is 0 Å². The van der Waals surface area contributed by atoms with Gasteiger partial charge in [-0.15, -0.1) is 0 Å². The number of ether oxygens (including phenoxy) is 1. The van der Waals surface area contributed by atoms with Gasteiger partial charge in [0.15, 0.2) is 6.61 Å². The molecule has 23 heavy (non-hydrogen) atoms. The Morgan fingerprint density at radius 1 is 1.26 bits per heavy atom. The molecule has 0 spiro atoms. The standard InChI is InChI=1S/C19H28N2O2/c1-2-10-21-11-8-17(9-12-21)20-19(22)14-23-18-7-6-15-4-3-5-16(15)13-18/h6-7,13,17H,2-5,8-12,14H2,1H3,(H,20,22). The molecule has 0 radical (unpaired) electrons. The molecule has 1 aliphatic heterocycles. The Morgan fingerprint density at radius 3 is 2.83 bits per heavy atom.